The molecule has 1 aromatic heterocycles. The van der Waals surface area contributed by atoms with Crippen molar-refractivity contribution in [3.63, 3.8) is 0 Å². The van der Waals surface area contributed by atoms with Crippen molar-refractivity contribution in [2.45, 2.75) is 38.6 Å². The maximum atomic E-state index is 13.0. The minimum absolute atomic E-state index is 0.0164. The number of piperidine rings is 1. The number of hydrogen-bond donors (Lipinski definition) is 1. The predicted molar refractivity (Wildman–Crippen MR) is 119 cm³/mol. The van der Waals surface area contributed by atoms with Crippen LogP contribution in [0.2, 0.25) is 0 Å². The number of aliphatic hydroxyl groups excluding tert-OH is 1. The Morgan fingerprint density at radius 1 is 1.13 bits per heavy atom. The number of aromatic nitrogens is 2. The van der Waals surface area contributed by atoms with Crippen LogP contribution >= 0.6 is 0 Å². The molecule has 1 fully saturated rings. The van der Waals surface area contributed by atoms with Gasteiger partial charge in [-0.25, -0.2) is 4.98 Å². The summed E-state index contributed by atoms with van der Waals surface area (Å²) < 4.78 is 7.94. The molecule has 1 amide bonds. The van der Waals surface area contributed by atoms with Crippen LogP contribution in [0.3, 0.4) is 0 Å². The Balaban J connectivity index is 1.53. The van der Waals surface area contributed by atoms with Crippen molar-refractivity contribution in [1.82, 2.24) is 19.4 Å². The number of aryl methyl sites for hydroxylation is 1. The summed E-state index contributed by atoms with van der Waals surface area (Å²) in [5.41, 5.74) is 1.67. The van der Waals surface area contributed by atoms with E-state index in [1.165, 1.54) is 5.56 Å². The van der Waals surface area contributed by atoms with E-state index in [-0.39, 0.29) is 17.9 Å². The first-order valence-electron chi connectivity index (χ1n) is 11.4. The molecular weight excluding hydrogens is 392 g/mol. The molecule has 0 radical (unpaired) electrons. The SMILES string of the molecule is Cn1cnc(C(=O)N2CCCCC3(CO)CCN(CC3)Cc3ccccc3OCC2)c1. The fraction of sp³-hybridized carbons (Fsp3) is 0.583. The van der Waals surface area contributed by atoms with Gasteiger partial charge in [0, 0.05) is 38.5 Å². The smallest absolute Gasteiger partial charge is 0.274 e. The van der Waals surface area contributed by atoms with Gasteiger partial charge in [-0.3, -0.25) is 9.69 Å². The number of carbonyl (C=O) groups is 1. The van der Waals surface area contributed by atoms with E-state index < -0.39 is 0 Å². The van der Waals surface area contributed by atoms with Crippen molar-refractivity contribution in [1.29, 1.82) is 0 Å². The van der Waals surface area contributed by atoms with E-state index in [1.54, 1.807) is 17.1 Å². The normalized spacial score (nSPS) is 25.2. The van der Waals surface area contributed by atoms with E-state index in [4.69, 9.17) is 4.74 Å². The number of nitrogens with zero attached hydrogens (tertiary/aromatic N) is 4. The molecule has 0 saturated carbocycles. The first-order chi connectivity index (χ1) is 15.1. The van der Waals surface area contributed by atoms with Gasteiger partial charge in [0.1, 0.15) is 18.1 Å². The number of benzene rings is 1. The molecule has 5 rings (SSSR count). The summed E-state index contributed by atoms with van der Waals surface area (Å²) in [5, 5.41) is 10.2. The summed E-state index contributed by atoms with van der Waals surface area (Å²) in [7, 11) is 1.87. The van der Waals surface area contributed by atoms with Gasteiger partial charge in [-0.05, 0) is 50.3 Å². The maximum Gasteiger partial charge on any atom is 0.274 e. The van der Waals surface area contributed by atoms with Crippen molar-refractivity contribution in [3.05, 3.63) is 48.0 Å². The van der Waals surface area contributed by atoms with Crippen LogP contribution in [0.15, 0.2) is 36.8 Å². The molecular formula is C24H34N4O3. The molecule has 4 heterocycles. The van der Waals surface area contributed by atoms with Crippen LogP contribution in [0.25, 0.3) is 0 Å². The lowest BCUT2D eigenvalue weighted by atomic mass is 9.75. The number of rotatable bonds is 2. The molecule has 3 aliphatic rings. The quantitative estimate of drug-likeness (QED) is 0.800. The molecule has 7 nitrogen and oxygen atoms in total. The Morgan fingerprint density at radius 3 is 2.68 bits per heavy atom. The van der Waals surface area contributed by atoms with Crippen molar-refractivity contribution >= 4 is 5.91 Å². The van der Waals surface area contributed by atoms with Gasteiger partial charge in [-0.1, -0.05) is 24.6 Å². The molecule has 168 valence electrons. The van der Waals surface area contributed by atoms with E-state index in [9.17, 15) is 9.90 Å². The highest BCUT2D eigenvalue weighted by Gasteiger charge is 2.34. The second kappa shape index (κ2) is 9.83. The highest BCUT2D eigenvalue weighted by Crippen LogP contribution is 2.37. The van der Waals surface area contributed by atoms with Crippen LogP contribution in [0.4, 0.5) is 0 Å². The van der Waals surface area contributed by atoms with Crippen LogP contribution < -0.4 is 4.74 Å². The van der Waals surface area contributed by atoms with Crippen LogP contribution in [0.5, 0.6) is 5.75 Å². The molecule has 0 aliphatic carbocycles. The van der Waals surface area contributed by atoms with E-state index in [0.717, 1.165) is 57.5 Å². The van der Waals surface area contributed by atoms with Gasteiger partial charge in [-0.15, -0.1) is 0 Å². The number of fused-ring (bicyclic) bond motifs is 9. The van der Waals surface area contributed by atoms with Gasteiger partial charge in [0.15, 0.2) is 0 Å². The van der Waals surface area contributed by atoms with Crippen LogP contribution in [-0.4, -0.2) is 69.8 Å². The van der Waals surface area contributed by atoms with Gasteiger partial charge < -0.3 is 19.3 Å². The summed E-state index contributed by atoms with van der Waals surface area (Å²) in [6, 6.07) is 8.18. The van der Waals surface area contributed by atoms with Gasteiger partial charge in [-0.2, -0.15) is 0 Å². The Kier molecular flexibility index (Phi) is 6.92. The molecule has 31 heavy (non-hydrogen) atoms. The molecule has 1 saturated heterocycles. The molecule has 1 aromatic carbocycles. The van der Waals surface area contributed by atoms with Crippen LogP contribution in [0.1, 0.15) is 48.2 Å². The molecule has 3 aliphatic heterocycles. The lowest BCUT2D eigenvalue weighted by Crippen LogP contribution is -2.41. The zero-order valence-electron chi connectivity index (χ0n) is 18.5. The van der Waals surface area contributed by atoms with Gasteiger partial charge in [0.25, 0.3) is 5.91 Å². The standard InChI is InChI=1S/C24H34N4O3/c1-26-17-21(25-19-26)23(30)28-11-5-4-8-24(18-29)9-12-27(13-10-24)16-20-6-2-3-7-22(20)31-15-14-28/h2-3,6-7,17,19,29H,4-5,8-16,18H2,1H3. The molecule has 7 heteroatoms. The average Bonchev–Trinajstić information content (AvgIpc) is 3.22. The lowest BCUT2D eigenvalue weighted by Gasteiger charge is -2.41. The fourth-order valence-electron chi connectivity index (χ4n) is 4.76. The number of ether oxygens (including phenoxy) is 1. The predicted octanol–water partition coefficient (Wildman–Crippen LogP) is 2.70. The first kappa shape index (κ1) is 21.8. The van der Waals surface area contributed by atoms with Gasteiger partial charge >= 0.3 is 0 Å². The number of imidazole rings is 1. The minimum atomic E-state index is -0.0503. The average molecular weight is 427 g/mol. The monoisotopic (exact) mass is 426 g/mol. The molecule has 2 aromatic rings. The Morgan fingerprint density at radius 2 is 1.94 bits per heavy atom. The highest BCUT2D eigenvalue weighted by molar-refractivity contribution is 5.92. The molecule has 0 spiro atoms. The Bertz CT molecular complexity index is 873. The minimum Gasteiger partial charge on any atom is -0.491 e. The van der Waals surface area contributed by atoms with Crippen molar-refractivity contribution < 1.29 is 14.6 Å². The summed E-state index contributed by atoms with van der Waals surface area (Å²) >= 11 is 0. The molecule has 0 unspecified atom stereocenters. The third kappa shape index (κ3) is 5.28. The lowest BCUT2D eigenvalue weighted by molar-refractivity contribution is 0.0319. The summed E-state index contributed by atoms with van der Waals surface area (Å²) in [6.45, 7) is 4.76. The second-order valence-electron chi connectivity index (χ2n) is 9.06. The van der Waals surface area contributed by atoms with Crippen LogP contribution in [-0.2, 0) is 13.6 Å². The third-order valence-electron chi connectivity index (χ3n) is 6.83. The number of aliphatic hydroxyl groups is 1. The van der Waals surface area contributed by atoms with Gasteiger partial charge in [0.05, 0.1) is 12.9 Å². The summed E-state index contributed by atoms with van der Waals surface area (Å²) in [5.74, 6) is 0.840. The second-order valence-corrected chi connectivity index (χ2v) is 9.06. The topological polar surface area (TPSA) is 70.8 Å². The van der Waals surface area contributed by atoms with E-state index >= 15 is 0 Å². The maximum absolute atomic E-state index is 13.0. The molecule has 0 atom stereocenters. The van der Waals surface area contributed by atoms with Crippen molar-refractivity contribution in [2.75, 3.05) is 39.4 Å². The Hall–Kier alpha value is -2.38. The largest absolute Gasteiger partial charge is 0.491 e. The summed E-state index contributed by atoms with van der Waals surface area (Å²) in [6.07, 6.45) is 8.39. The molecule has 1 N–H and O–H groups in total. The third-order valence-corrected chi connectivity index (χ3v) is 6.83. The first-order valence-corrected chi connectivity index (χ1v) is 11.4. The number of amides is 1. The highest BCUT2D eigenvalue weighted by atomic mass is 16.5. The van der Waals surface area contributed by atoms with Crippen molar-refractivity contribution in [2.24, 2.45) is 12.5 Å². The zero-order chi connectivity index (χ0) is 21.7. The molecule has 2 bridgehead atoms. The zero-order valence-corrected chi connectivity index (χ0v) is 18.5. The van der Waals surface area contributed by atoms with E-state index in [2.05, 4.69) is 22.0 Å². The van der Waals surface area contributed by atoms with Crippen molar-refractivity contribution in [3.8, 4) is 5.75 Å². The Labute approximate surface area is 184 Å². The number of para-hydroxylation sites is 1. The van der Waals surface area contributed by atoms with E-state index in [0.29, 0.717) is 25.4 Å². The van der Waals surface area contributed by atoms with E-state index in [1.807, 2.05) is 24.1 Å². The van der Waals surface area contributed by atoms with Crippen LogP contribution in [0, 0.1) is 5.41 Å². The number of hydrogen-bond acceptors (Lipinski definition) is 5. The number of carbonyl (C=O) groups excluding carboxylic acids is 1. The van der Waals surface area contributed by atoms with Gasteiger partial charge in [0.2, 0.25) is 0 Å². The fourth-order valence-corrected chi connectivity index (χ4v) is 4.76. The summed E-state index contributed by atoms with van der Waals surface area (Å²) in [4.78, 5) is 21.6.